The minimum atomic E-state index is -1.93. The number of aliphatic carboxylic acids is 1. The molecule has 3 N–H and O–H groups in total. The van der Waals surface area contributed by atoms with E-state index in [1.54, 1.807) is 6.08 Å². The van der Waals surface area contributed by atoms with Gasteiger partial charge in [-0.25, -0.2) is 4.79 Å². The molecule has 0 amide bonds. The fourth-order valence-corrected chi connectivity index (χ4v) is 8.59. The van der Waals surface area contributed by atoms with E-state index in [1.807, 2.05) is 30.4 Å². The lowest BCUT2D eigenvalue weighted by Gasteiger charge is -2.40. The van der Waals surface area contributed by atoms with Gasteiger partial charge in [0.15, 0.2) is 24.6 Å². The van der Waals surface area contributed by atoms with Crippen LogP contribution in [0, 0.1) is 0 Å². The monoisotopic (exact) mass is 1130 g/mol. The summed E-state index contributed by atoms with van der Waals surface area (Å²) in [5.74, 6) is -3.41. The van der Waals surface area contributed by atoms with Gasteiger partial charge in [0.1, 0.15) is 18.8 Å². The number of hydrogen-bond acceptors (Lipinski definition) is 11. The third-order valence-corrected chi connectivity index (χ3v) is 13.3. The Kier molecular flexibility index (Phi) is 50.5. The quantitative estimate of drug-likeness (QED) is 0.0228. The average molecular weight is 1130 g/mol. The van der Waals surface area contributed by atoms with E-state index in [4.69, 9.17) is 23.7 Å². The van der Waals surface area contributed by atoms with E-state index < -0.39 is 73.9 Å². The topological polar surface area (TPSA) is 175 Å². The normalized spacial score (nSPS) is 18.7. The van der Waals surface area contributed by atoms with E-state index >= 15 is 0 Å². The molecule has 0 aliphatic carbocycles. The number of carbonyl (C=O) groups is 4. The van der Waals surface area contributed by atoms with Crippen molar-refractivity contribution in [1.82, 2.24) is 0 Å². The molecular weight excluding hydrogens is 1020 g/mol. The second kappa shape index (κ2) is 55.4. The smallest absolute Gasteiger partial charge is 0.335 e. The molecule has 6 unspecified atom stereocenters. The highest BCUT2D eigenvalue weighted by atomic mass is 16.7. The summed E-state index contributed by atoms with van der Waals surface area (Å²) in [7, 11) is 0. The van der Waals surface area contributed by atoms with Crippen molar-refractivity contribution in [1.29, 1.82) is 0 Å². The maximum absolute atomic E-state index is 13.1. The van der Waals surface area contributed by atoms with Gasteiger partial charge in [0.25, 0.3) is 0 Å². The molecule has 0 spiro atoms. The third-order valence-electron chi connectivity index (χ3n) is 13.3. The molecular formula is C69H108O12. The van der Waals surface area contributed by atoms with Crippen molar-refractivity contribution in [2.24, 2.45) is 0 Å². The third kappa shape index (κ3) is 45.1. The Bertz CT molecular complexity index is 1920. The number of aliphatic hydroxyl groups excluding tert-OH is 2. The summed E-state index contributed by atoms with van der Waals surface area (Å²) >= 11 is 0. The second-order valence-corrected chi connectivity index (χ2v) is 20.6. The molecule has 0 aromatic heterocycles. The summed E-state index contributed by atoms with van der Waals surface area (Å²) in [4.78, 5) is 51.1. The first kappa shape index (κ1) is 73.9. The molecule has 1 fully saturated rings. The largest absolute Gasteiger partial charge is 0.479 e. The molecule has 0 aromatic rings. The van der Waals surface area contributed by atoms with Gasteiger partial charge in [-0.3, -0.25) is 14.4 Å². The van der Waals surface area contributed by atoms with E-state index in [0.29, 0.717) is 25.7 Å². The molecule has 0 saturated carbocycles. The Hall–Kier alpha value is -5.14. The zero-order valence-electron chi connectivity index (χ0n) is 50.2. The van der Waals surface area contributed by atoms with Crippen LogP contribution in [0.4, 0.5) is 0 Å². The zero-order chi connectivity index (χ0) is 58.9. The number of rotatable bonds is 51. The molecule has 1 saturated heterocycles. The molecule has 0 bridgehead atoms. The molecule has 81 heavy (non-hydrogen) atoms. The molecule has 1 aliphatic rings. The number of hydrogen-bond donors (Lipinski definition) is 3. The summed E-state index contributed by atoms with van der Waals surface area (Å²) in [5, 5.41) is 31.5. The van der Waals surface area contributed by atoms with E-state index in [9.17, 15) is 34.5 Å². The van der Waals surface area contributed by atoms with E-state index in [1.165, 1.54) is 77.0 Å². The molecule has 6 atom stereocenters. The SMILES string of the molecule is CC/C=C\C/C=C\C/C=C\C/C=C\C/C=C\C/C=C\CCC(=O)OCC(COC1OC(C(=O)O)C(O)C(O)C1OC(=O)CCCCCCCCCCCCCCCCCCC)OC(=O)C/C=C\C/C=C\C/C=C\C/C=C\C/C=C\CC. The minimum absolute atomic E-state index is 0.0392. The van der Waals surface area contributed by atoms with Gasteiger partial charge in [-0.2, -0.15) is 0 Å². The van der Waals surface area contributed by atoms with Crippen LogP contribution in [0.25, 0.3) is 0 Å². The van der Waals surface area contributed by atoms with Gasteiger partial charge >= 0.3 is 23.9 Å². The Morgan fingerprint density at radius 1 is 0.432 bits per heavy atom. The standard InChI is InChI=1S/C69H108O12/c1-4-7-10-13-16-19-22-25-28-30-31-33-35-37-40-43-46-49-52-55-61(70)77-58-60(79-62(71)56-53-50-47-44-41-38-34-27-24-21-18-15-12-9-6-3)59-78-69-67(65(74)64(73)66(81-69)68(75)76)80-63(72)57-54-51-48-45-42-39-36-32-29-26-23-20-17-14-11-8-5-2/h7,9-10,12,16,18-19,21,25,27-28,31,33-34,37,40-41,44,46,49-50,53,60,64-67,69,73-74H,4-6,8,11,13-15,17,20,22-24,26,29-30,32,35-36,38-39,42-43,45,47-48,51-52,54-59H2,1-3H3,(H,75,76)/b10-7-,12-9-,19-16-,21-18-,28-25-,33-31-,34-27-,40-37-,44-41-,49-46-,53-50-. The van der Waals surface area contributed by atoms with Crippen LogP contribution < -0.4 is 0 Å². The van der Waals surface area contributed by atoms with Gasteiger partial charge in [-0.15, -0.1) is 0 Å². The first-order valence-corrected chi connectivity index (χ1v) is 31.2. The first-order chi connectivity index (χ1) is 39.6. The predicted octanol–water partition coefficient (Wildman–Crippen LogP) is 16.6. The first-order valence-electron chi connectivity index (χ1n) is 31.2. The van der Waals surface area contributed by atoms with E-state index in [2.05, 4.69) is 118 Å². The number of carboxylic acids is 1. The lowest BCUT2D eigenvalue weighted by molar-refractivity contribution is -0.301. The van der Waals surface area contributed by atoms with Crippen molar-refractivity contribution in [3.8, 4) is 0 Å². The fourth-order valence-electron chi connectivity index (χ4n) is 8.59. The molecule has 12 heteroatoms. The van der Waals surface area contributed by atoms with E-state index in [0.717, 1.165) is 83.5 Å². The number of esters is 3. The molecule has 1 rings (SSSR count). The summed E-state index contributed by atoms with van der Waals surface area (Å²) in [6.45, 7) is 5.62. The Morgan fingerprint density at radius 2 is 0.815 bits per heavy atom. The Morgan fingerprint density at radius 3 is 1.22 bits per heavy atom. The van der Waals surface area contributed by atoms with Crippen LogP contribution in [-0.4, -0.2) is 89.2 Å². The molecule has 1 heterocycles. The fraction of sp³-hybridized carbons (Fsp3) is 0.623. The number of carbonyl (C=O) groups excluding carboxylic acids is 3. The predicted molar refractivity (Wildman–Crippen MR) is 330 cm³/mol. The second-order valence-electron chi connectivity index (χ2n) is 20.6. The van der Waals surface area contributed by atoms with Crippen LogP contribution in [0.3, 0.4) is 0 Å². The van der Waals surface area contributed by atoms with Crippen LogP contribution in [0.5, 0.6) is 0 Å². The van der Waals surface area contributed by atoms with Crippen molar-refractivity contribution in [2.45, 2.75) is 263 Å². The molecule has 0 aromatic carbocycles. The highest BCUT2D eigenvalue weighted by molar-refractivity contribution is 5.74. The van der Waals surface area contributed by atoms with E-state index in [-0.39, 0.29) is 19.3 Å². The highest BCUT2D eigenvalue weighted by Gasteiger charge is 2.50. The summed E-state index contributed by atoms with van der Waals surface area (Å²) in [6.07, 6.45) is 66.0. The lowest BCUT2D eigenvalue weighted by atomic mass is 9.98. The van der Waals surface area contributed by atoms with Crippen molar-refractivity contribution >= 4 is 23.9 Å². The maximum Gasteiger partial charge on any atom is 0.335 e. The zero-order valence-corrected chi connectivity index (χ0v) is 50.2. The molecule has 1 aliphatic heterocycles. The number of allylic oxidation sites excluding steroid dienone is 21. The molecule has 12 nitrogen and oxygen atoms in total. The maximum atomic E-state index is 13.1. The Labute approximate surface area is 490 Å². The minimum Gasteiger partial charge on any atom is -0.479 e. The van der Waals surface area contributed by atoms with Crippen LogP contribution in [0.15, 0.2) is 134 Å². The summed E-state index contributed by atoms with van der Waals surface area (Å²) in [5.41, 5.74) is 0. The van der Waals surface area contributed by atoms with Crippen LogP contribution >= 0.6 is 0 Å². The molecule has 0 radical (unpaired) electrons. The van der Waals surface area contributed by atoms with Crippen molar-refractivity contribution in [2.75, 3.05) is 13.2 Å². The lowest BCUT2D eigenvalue weighted by Crippen LogP contribution is -2.61. The van der Waals surface area contributed by atoms with Gasteiger partial charge in [-0.05, 0) is 83.5 Å². The average Bonchev–Trinajstić information content (AvgIpc) is 3.53. The number of unbranched alkanes of at least 4 members (excludes halogenated alkanes) is 16. The summed E-state index contributed by atoms with van der Waals surface area (Å²) in [6, 6.07) is 0. The van der Waals surface area contributed by atoms with Crippen molar-refractivity contribution < 1.29 is 58.2 Å². The highest BCUT2D eigenvalue weighted by Crippen LogP contribution is 2.26. The van der Waals surface area contributed by atoms with Crippen LogP contribution in [-0.2, 0) is 42.9 Å². The van der Waals surface area contributed by atoms with Crippen LogP contribution in [0.2, 0.25) is 0 Å². The van der Waals surface area contributed by atoms with Crippen molar-refractivity contribution in [3.05, 3.63) is 134 Å². The van der Waals surface area contributed by atoms with Gasteiger partial charge in [0.05, 0.1) is 13.0 Å². The van der Waals surface area contributed by atoms with Gasteiger partial charge in [-0.1, -0.05) is 257 Å². The Balaban J connectivity index is 2.77. The van der Waals surface area contributed by atoms with Gasteiger partial charge in [0.2, 0.25) is 0 Å². The van der Waals surface area contributed by atoms with Gasteiger partial charge < -0.3 is 39.0 Å². The number of ether oxygens (including phenoxy) is 5. The van der Waals surface area contributed by atoms with Gasteiger partial charge in [0, 0.05) is 12.8 Å². The number of carboxylic acid groups (broad SMARTS) is 1. The summed E-state index contributed by atoms with van der Waals surface area (Å²) < 4.78 is 28.3. The molecule has 456 valence electrons. The van der Waals surface area contributed by atoms with Crippen LogP contribution in [0.1, 0.15) is 226 Å². The number of aliphatic hydroxyl groups is 2. The van der Waals surface area contributed by atoms with Crippen molar-refractivity contribution in [3.63, 3.8) is 0 Å².